The fourth-order valence-corrected chi connectivity index (χ4v) is 4.36. The van der Waals surface area contributed by atoms with Crippen molar-refractivity contribution in [2.45, 2.75) is 43.3 Å². The molecule has 0 saturated heterocycles. The van der Waals surface area contributed by atoms with Gasteiger partial charge in [-0.15, -0.1) is 10.2 Å². The van der Waals surface area contributed by atoms with Gasteiger partial charge in [-0.2, -0.15) is 0 Å². The lowest BCUT2D eigenvalue weighted by Crippen LogP contribution is -2.37. The van der Waals surface area contributed by atoms with Gasteiger partial charge in [0, 0.05) is 6.04 Å². The fraction of sp³-hybridized carbons (Fsp3) is 0.381. The number of nitrogens with zero attached hydrogens (tertiary/aromatic N) is 3. The van der Waals surface area contributed by atoms with Gasteiger partial charge in [0.15, 0.2) is 10.9 Å². The molecule has 0 aliphatic heterocycles. The molecule has 0 radical (unpaired) electrons. The number of hydrogen-bond acceptors (Lipinski definition) is 6. The summed E-state index contributed by atoms with van der Waals surface area (Å²) in [7, 11) is 1.63. The number of benzene rings is 1. The summed E-state index contributed by atoms with van der Waals surface area (Å²) in [6.45, 7) is 0. The number of carbonyl (C=O) groups is 1. The number of ether oxygens (including phenoxy) is 1. The van der Waals surface area contributed by atoms with Crippen LogP contribution in [0.2, 0.25) is 0 Å². The lowest BCUT2D eigenvalue weighted by atomic mass is 9.95. The second kappa shape index (κ2) is 9.17. The molecule has 1 aliphatic carbocycles. The fourth-order valence-electron chi connectivity index (χ4n) is 3.61. The standard InChI is InChI=1S/C21H24N4O3S/c1-27-17-11-6-5-10-16(17)25-20(18-12-7-13-28-18)23-24-21(25)29-14-19(26)22-15-8-3-2-4-9-15/h5-7,10-13,15H,2-4,8-9,14H2,1H3,(H,22,26). The number of amides is 1. The Balaban J connectivity index is 1.57. The third-order valence-corrected chi connectivity index (χ3v) is 5.93. The van der Waals surface area contributed by atoms with Crippen molar-refractivity contribution in [2.75, 3.05) is 12.9 Å². The summed E-state index contributed by atoms with van der Waals surface area (Å²) in [5.74, 6) is 2.16. The molecule has 0 spiro atoms. The minimum atomic E-state index is 0.0241. The normalized spacial score (nSPS) is 14.7. The number of furan rings is 1. The minimum absolute atomic E-state index is 0.0241. The van der Waals surface area contributed by atoms with Gasteiger partial charge in [-0.1, -0.05) is 43.2 Å². The van der Waals surface area contributed by atoms with Gasteiger partial charge in [-0.25, -0.2) is 0 Å². The van der Waals surface area contributed by atoms with Crippen LogP contribution in [0.5, 0.6) is 5.75 Å². The van der Waals surface area contributed by atoms with E-state index in [1.165, 1.54) is 31.0 Å². The first-order chi connectivity index (χ1) is 14.3. The number of nitrogens with one attached hydrogen (secondary N) is 1. The smallest absolute Gasteiger partial charge is 0.230 e. The Morgan fingerprint density at radius 1 is 1.21 bits per heavy atom. The molecule has 7 nitrogen and oxygen atoms in total. The van der Waals surface area contributed by atoms with E-state index in [1.807, 2.05) is 34.9 Å². The van der Waals surface area contributed by atoms with E-state index < -0.39 is 0 Å². The van der Waals surface area contributed by atoms with E-state index in [0.717, 1.165) is 18.5 Å². The van der Waals surface area contributed by atoms with Crippen LogP contribution in [0.1, 0.15) is 32.1 Å². The Labute approximate surface area is 173 Å². The van der Waals surface area contributed by atoms with E-state index in [1.54, 1.807) is 19.4 Å². The lowest BCUT2D eigenvalue weighted by Gasteiger charge is -2.22. The van der Waals surface area contributed by atoms with Crippen LogP contribution in [-0.4, -0.2) is 39.6 Å². The van der Waals surface area contributed by atoms with Crippen molar-refractivity contribution in [3.8, 4) is 23.0 Å². The van der Waals surface area contributed by atoms with Crippen molar-refractivity contribution in [3.05, 3.63) is 42.7 Å². The Bertz CT molecular complexity index is 949. The number of carbonyl (C=O) groups excluding carboxylic acids is 1. The first-order valence-corrected chi connectivity index (χ1v) is 10.8. The molecule has 2 aromatic heterocycles. The summed E-state index contributed by atoms with van der Waals surface area (Å²) >= 11 is 1.36. The van der Waals surface area contributed by atoms with Crippen LogP contribution < -0.4 is 10.1 Å². The summed E-state index contributed by atoms with van der Waals surface area (Å²) in [4.78, 5) is 12.5. The lowest BCUT2D eigenvalue weighted by molar-refractivity contribution is -0.119. The predicted octanol–water partition coefficient (Wildman–Crippen LogP) is 4.08. The molecule has 2 heterocycles. The van der Waals surface area contributed by atoms with E-state index in [9.17, 15) is 4.79 Å². The Morgan fingerprint density at radius 3 is 2.79 bits per heavy atom. The van der Waals surface area contributed by atoms with E-state index >= 15 is 0 Å². The van der Waals surface area contributed by atoms with E-state index in [4.69, 9.17) is 9.15 Å². The molecule has 1 amide bonds. The van der Waals surface area contributed by atoms with Crippen LogP contribution >= 0.6 is 11.8 Å². The summed E-state index contributed by atoms with van der Waals surface area (Å²) in [5, 5.41) is 12.4. The molecule has 8 heteroatoms. The summed E-state index contributed by atoms with van der Waals surface area (Å²) in [6.07, 6.45) is 7.37. The largest absolute Gasteiger partial charge is 0.495 e. The van der Waals surface area contributed by atoms with Gasteiger partial charge in [-0.05, 0) is 37.1 Å². The third-order valence-electron chi connectivity index (χ3n) is 5.00. The SMILES string of the molecule is COc1ccccc1-n1c(SCC(=O)NC2CCCCC2)nnc1-c1ccco1. The van der Waals surface area contributed by atoms with Gasteiger partial charge >= 0.3 is 0 Å². The van der Waals surface area contributed by atoms with Crippen molar-refractivity contribution in [1.82, 2.24) is 20.1 Å². The van der Waals surface area contributed by atoms with E-state index in [2.05, 4.69) is 15.5 Å². The van der Waals surface area contributed by atoms with Crippen LogP contribution in [0.25, 0.3) is 17.3 Å². The van der Waals surface area contributed by atoms with Crippen LogP contribution in [-0.2, 0) is 4.79 Å². The first-order valence-electron chi connectivity index (χ1n) is 9.81. The third kappa shape index (κ3) is 4.48. The highest BCUT2D eigenvalue weighted by atomic mass is 32.2. The molecule has 1 saturated carbocycles. The van der Waals surface area contributed by atoms with Crippen LogP contribution in [0, 0.1) is 0 Å². The van der Waals surface area contributed by atoms with Crippen molar-refractivity contribution >= 4 is 17.7 Å². The van der Waals surface area contributed by atoms with Crippen molar-refractivity contribution in [3.63, 3.8) is 0 Å². The molecule has 152 valence electrons. The van der Waals surface area contributed by atoms with E-state index in [0.29, 0.717) is 28.5 Å². The predicted molar refractivity (Wildman–Crippen MR) is 111 cm³/mol. The molecular formula is C21H24N4O3S. The molecule has 1 fully saturated rings. The van der Waals surface area contributed by atoms with Gasteiger partial charge in [0.1, 0.15) is 5.75 Å². The molecule has 3 aromatic rings. The summed E-state index contributed by atoms with van der Waals surface area (Å²) in [6, 6.07) is 11.6. The average molecular weight is 413 g/mol. The van der Waals surface area contributed by atoms with Crippen molar-refractivity contribution < 1.29 is 13.9 Å². The molecule has 0 atom stereocenters. The Kier molecular flexibility index (Phi) is 6.19. The molecular weight excluding hydrogens is 388 g/mol. The van der Waals surface area contributed by atoms with Crippen LogP contribution in [0.4, 0.5) is 0 Å². The maximum absolute atomic E-state index is 12.5. The van der Waals surface area contributed by atoms with E-state index in [-0.39, 0.29) is 11.7 Å². The van der Waals surface area contributed by atoms with Gasteiger partial charge in [0.25, 0.3) is 0 Å². The van der Waals surface area contributed by atoms with Crippen molar-refractivity contribution in [2.24, 2.45) is 0 Å². The highest BCUT2D eigenvalue weighted by molar-refractivity contribution is 7.99. The highest BCUT2D eigenvalue weighted by Crippen LogP contribution is 2.32. The molecule has 1 aromatic carbocycles. The molecule has 4 rings (SSSR count). The number of thioether (sulfide) groups is 1. The van der Waals surface area contributed by atoms with Gasteiger partial charge in [0.2, 0.25) is 11.7 Å². The van der Waals surface area contributed by atoms with Crippen molar-refractivity contribution in [1.29, 1.82) is 0 Å². The molecule has 1 aliphatic rings. The number of aromatic nitrogens is 3. The van der Waals surface area contributed by atoms with Gasteiger partial charge in [-0.3, -0.25) is 9.36 Å². The summed E-state index contributed by atoms with van der Waals surface area (Å²) < 4.78 is 12.9. The Hall–Kier alpha value is -2.74. The molecule has 0 bridgehead atoms. The number of para-hydroxylation sites is 2. The van der Waals surface area contributed by atoms with Gasteiger partial charge < -0.3 is 14.5 Å². The summed E-state index contributed by atoms with van der Waals surface area (Å²) in [5.41, 5.74) is 0.793. The quantitative estimate of drug-likeness (QED) is 0.589. The number of hydrogen-bond donors (Lipinski definition) is 1. The first kappa shape index (κ1) is 19.6. The molecule has 29 heavy (non-hydrogen) atoms. The average Bonchev–Trinajstić information content (AvgIpc) is 3.42. The number of methoxy groups -OCH3 is 1. The molecule has 1 N–H and O–H groups in total. The minimum Gasteiger partial charge on any atom is -0.495 e. The zero-order valence-electron chi connectivity index (χ0n) is 16.3. The Morgan fingerprint density at radius 2 is 2.03 bits per heavy atom. The second-order valence-corrected chi connectivity index (χ2v) is 7.92. The zero-order chi connectivity index (χ0) is 20.1. The maximum Gasteiger partial charge on any atom is 0.230 e. The number of rotatable bonds is 7. The van der Waals surface area contributed by atoms with Crippen LogP contribution in [0.3, 0.4) is 0 Å². The highest BCUT2D eigenvalue weighted by Gasteiger charge is 2.22. The second-order valence-electron chi connectivity index (χ2n) is 6.98. The van der Waals surface area contributed by atoms with Gasteiger partial charge in [0.05, 0.1) is 24.8 Å². The molecule has 0 unspecified atom stereocenters. The zero-order valence-corrected chi connectivity index (χ0v) is 17.2. The maximum atomic E-state index is 12.5. The monoisotopic (exact) mass is 412 g/mol. The van der Waals surface area contributed by atoms with Crippen LogP contribution in [0.15, 0.2) is 52.2 Å². The topological polar surface area (TPSA) is 82.2 Å².